The van der Waals surface area contributed by atoms with Crippen LogP contribution < -0.4 is 0 Å². The molecule has 0 spiro atoms. The molecule has 0 fully saturated rings. The summed E-state index contributed by atoms with van der Waals surface area (Å²) in [6.45, 7) is 2.14. The van der Waals surface area contributed by atoms with Crippen molar-refractivity contribution >= 4 is 48.7 Å². The van der Waals surface area contributed by atoms with E-state index in [1.165, 1.54) is 0 Å². The van der Waals surface area contributed by atoms with Gasteiger partial charge in [-0.2, -0.15) is 0 Å². The molecule has 0 saturated carbocycles. The van der Waals surface area contributed by atoms with Gasteiger partial charge >= 0.3 is 5.97 Å². The molecule has 0 unspecified atom stereocenters. The number of hydrogen-bond acceptors (Lipinski definition) is 2. The Kier molecular flexibility index (Phi) is 3.35. The number of aromatic amines is 1. The van der Waals surface area contributed by atoms with Gasteiger partial charge in [-0.3, -0.25) is 0 Å². The van der Waals surface area contributed by atoms with Gasteiger partial charge in [0.25, 0.3) is 0 Å². The van der Waals surface area contributed by atoms with Crippen molar-refractivity contribution in [1.29, 1.82) is 0 Å². The van der Waals surface area contributed by atoms with Crippen LogP contribution >= 0.6 is 31.9 Å². The molecule has 0 saturated heterocycles. The smallest absolute Gasteiger partial charge is 0.340 e. The van der Waals surface area contributed by atoms with Crippen LogP contribution in [0.2, 0.25) is 0 Å². The van der Waals surface area contributed by atoms with Crippen molar-refractivity contribution < 1.29 is 9.53 Å². The molecule has 1 heterocycles. The second-order valence-electron chi connectivity index (χ2n) is 3.14. The summed E-state index contributed by atoms with van der Waals surface area (Å²) in [6.07, 6.45) is 2.88. The van der Waals surface area contributed by atoms with Crippen LogP contribution in [0.15, 0.2) is 21.1 Å². The number of nitrogens with one attached hydrogen (secondary N) is 1. The van der Waals surface area contributed by atoms with Gasteiger partial charge in [-0.25, -0.2) is 4.79 Å². The van der Waals surface area contributed by atoms with Crippen LogP contribution in [0.5, 0.6) is 0 Å². The van der Waals surface area contributed by atoms with Crippen LogP contribution in [0.25, 0.3) is 10.9 Å². The molecular formula is C11H8Br2NO2. The SMILES string of the molecule is CCOC(=O)c1c(Br)cc2[nH][c]cc2c1Br. The maximum atomic E-state index is 11.7. The lowest BCUT2D eigenvalue weighted by Crippen LogP contribution is -2.06. The lowest BCUT2D eigenvalue weighted by Gasteiger charge is -2.07. The fourth-order valence-corrected chi connectivity index (χ4v) is 3.01. The van der Waals surface area contributed by atoms with Crippen LogP contribution in [-0.4, -0.2) is 17.6 Å². The molecule has 3 nitrogen and oxygen atoms in total. The first kappa shape index (κ1) is 11.7. The Morgan fingerprint density at radius 1 is 1.56 bits per heavy atom. The molecule has 2 aromatic rings. The van der Waals surface area contributed by atoms with Crippen molar-refractivity contribution in [2.24, 2.45) is 0 Å². The molecule has 83 valence electrons. The lowest BCUT2D eigenvalue weighted by molar-refractivity contribution is 0.0524. The van der Waals surface area contributed by atoms with Crippen molar-refractivity contribution in [3.05, 3.63) is 32.8 Å². The molecule has 0 bridgehead atoms. The van der Waals surface area contributed by atoms with Gasteiger partial charge in [-0.1, -0.05) is 0 Å². The van der Waals surface area contributed by atoms with E-state index in [0.29, 0.717) is 21.1 Å². The van der Waals surface area contributed by atoms with Crippen LogP contribution in [0, 0.1) is 6.20 Å². The maximum absolute atomic E-state index is 11.7. The summed E-state index contributed by atoms with van der Waals surface area (Å²) in [5.74, 6) is -0.343. The first-order valence-corrected chi connectivity index (χ1v) is 6.27. The van der Waals surface area contributed by atoms with Gasteiger partial charge in [0.2, 0.25) is 0 Å². The number of esters is 1. The van der Waals surface area contributed by atoms with Crippen molar-refractivity contribution in [1.82, 2.24) is 4.98 Å². The van der Waals surface area contributed by atoms with Gasteiger partial charge in [0, 0.05) is 19.8 Å². The van der Waals surface area contributed by atoms with Gasteiger partial charge < -0.3 is 9.72 Å². The molecule has 1 aromatic heterocycles. The van der Waals surface area contributed by atoms with Crippen molar-refractivity contribution in [3.63, 3.8) is 0 Å². The Hall–Kier alpha value is -0.810. The highest BCUT2D eigenvalue weighted by atomic mass is 79.9. The van der Waals surface area contributed by atoms with E-state index in [9.17, 15) is 4.79 Å². The number of aromatic nitrogens is 1. The van der Waals surface area contributed by atoms with E-state index in [-0.39, 0.29) is 5.97 Å². The summed E-state index contributed by atoms with van der Waals surface area (Å²) in [5.41, 5.74) is 1.41. The first-order valence-electron chi connectivity index (χ1n) is 4.69. The molecule has 0 aliphatic carbocycles. The zero-order valence-electron chi connectivity index (χ0n) is 8.43. The lowest BCUT2D eigenvalue weighted by atomic mass is 10.1. The minimum Gasteiger partial charge on any atom is -0.462 e. The molecule has 16 heavy (non-hydrogen) atoms. The number of halogens is 2. The Morgan fingerprint density at radius 2 is 2.31 bits per heavy atom. The highest BCUT2D eigenvalue weighted by molar-refractivity contribution is 9.11. The minimum absolute atomic E-state index is 0.343. The normalized spacial score (nSPS) is 10.7. The fraction of sp³-hybridized carbons (Fsp3) is 0.182. The molecular weight excluding hydrogens is 338 g/mol. The topological polar surface area (TPSA) is 42.1 Å². The largest absolute Gasteiger partial charge is 0.462 e. The predicted molar refractivity (Wildman–Crippen MR) is 68.5 cm³/mol. The Balaban J connectivity index is 2.63. The van der Waals surface area contributed by atoms with E-state index in [1.807, 2.05) is 6.07 Å². The van der Waals surface area contributed by atoms with E-state index >= 15 is 0 Å². The fourth-order valence-electron chi connectivity index (χ4n) is 1.46. The standard InChI is InChI=1S/C11H8Br2NO2/c1-2-16-11(15)9-7(12)5-8-6(10(9)13)3-4-14-8/h3,5,14H,2H2,1H3. The molecule has 1 N–H and O–H groups in total. The van der Waals surface area contributed by atoms with Gasteiger partial charge in [-0.15, -0.1) is 0 Å². The average Bonchev–Trinajstić information content (AvgIpc) is 2.66. The zero-order valence-corrected chi connectivity index (χ0v) is 11.6. The number of H-pyrrole nitrogens is 1. The van der Waals surface area contributed by atoms with Gasteiger partial charge in [-0.05, 0) is 50.9 Å². The predicted octanol–water partition coefficient (Wildman–Crippen LogP) is 3.67. The van der Waals surface area contributed by atoms with Crippen LogP contribution in [-0.2, 0) is 4.74 Å². The summed E-state index contributed by atoms with van der Waals surface area (Å²) < 4.78 is 6.41. The third kappa shape index (κ3) is 1.89. The van der Waals surface area contributed by atoms with Crippen LogP contribution in [0.4, 0.5) is 0 Å². The zero-order chi connectivity index (χ0) is 11.7. The number of hydrogen-bond donors (Lipinski definition) is 1. The highest BCUT2D eigenvalue weighted by Crippen LogP contribution is 2.33. The number of ether oxygens (including phenoxy) is 1. The van der Waals surface area contributed by atoms with Crippen molar-refractivity contribution in [2.45, 2.75) is 6.92 Å². The second-order valence-corrected chi connectivity index (χ2v) is 4.79. The molecule has 5 heteroatoms. The van der Waals surface area contributed by atoms with E-state index < -0.39 is 0 Å². The van der Waals surface area contributed by atoms with Crippen molar-refractivity contribution in [3.8, 4) is 0 Å². The van der Waals surface area contributed by atoms with E-state index in [2.05, 4.69) is 43.0 Å². The third-order valence-electron chi connectivity index (χ3n) is 2.16. The maximum Gasteiger partial charge on any atom is 0.340 e. The molecule has 0 aliphatic heterocycles. The van der Waals surface area contributed by atoms with Gasteiger partial charge in [0.05, 0.1) is 18.4 Å². The molecule has 0 aliphatic rings. The first-order chi connectivity index (χ1) is 7.65. The molecule has 1 aromatic carbocycles. The number of fused-ring (bicyclic) bond motifs is 1. The van der Waals surface area contributed by atoms with E-state index in [4.69, 9.17) is 4.74 Å². The monoisotopic (exact) mass is 344 g/mol. The Bertz CT molecular complexity index is 548. The Labute approximate surface area is 109 Å². The van der Waals surface area contributed by atoms with E-state index in [0.717, 1.165) is 10.9 Å². The van der Waals surface area contributed by atoms with Gasteiger partial charge in [0.15, 0.2) is 0 Å². The minimum atomic E-state index is -0.343. The number of carbonyl (C=O) groups excluding carboxylic acids is 1. The number of carbonyl (C=O) groups is 1. The highest BCUT2D eigenvalue weighted by Gasteiger charge is 2.18. The van der Waals surface area contributed by atoms with Crippen LogP contribution in [0.3, 0.4) is 0 Å². The van der Waals surface area contributed by atoms with Gasteiger partial charge in [0.1, 0.15) is 0 Å². The van der Waals surface area contributed by atoms with Crippen LogP contribution in [0.1, 0.15) is 17.3 Å². The quantitative estimate of drug-likeness (QED) is 0.844. The van der Waals surface area contributed by atoms with Crippen molar-refractivity contribution in [2.75, 3.05) is 6.61 Å². The molecule has 0 amide bonds. The third-order valence-corrected chi connectivity index (χ3v) is 3.61. The second kappa shape index (κ2) is 4.59. The Morgan fingerprint density at radius 3 is 3.00 bits per heavy atom. The molecule has 2 rings (SSSR count). The average molecular weight is 346 g/mol. The summed E-state index contributed by atoms with van der Waals surface area (Å²) in [4.78, 5) is 14.7. The summed E-state index contributed by atoms with van der Waals surface area (Å²) in [7, 11) is 0. The number of benzene rings is 1. The summed E-state index contributed by atoms with van der Waals surface area (Å²) >= 11 is 6.77. The summed E-state index contributed by atoms with van der Waals surface area (Å²) in [5, 5.41) is 0.909. The number of rotatable bonds is 2. The summed E-state index contributed by atoms with van der Waals surface area (Å²) in [6, 6.07) is 3.62. The molecule has 1 radical (unpaired) electrons. The van der Waals surface area contributed by atoms with E-state index in [1.54, 1.807) is 13.0 Å². The molecule has 0 atom stereocenters.